The summed E-state index contributed by atoms with van der Waals surface area (Å²) in [4.78, 5) is 10.7. The number of carbonyl (C=O) groups is 1. The second-order valence-electron chi connectivity index (χ2n) is 4.33. The van der Waals surface area contributed by atoms with Gasteiger partial charge in [-0.25, -0.2) is 0 Å². The van der Waals surface area contributed by atoms with Crippen LogP contribution >= 0.6 is 0 Å². The van der Waals surface area contributed by atoms with E-state index < -0.39 is 0 Å². The van der Waals surface area contributed by atoms with E-state index in [4.69, 9.17) is 5.73 Å². The molecule has 2 aromatic rings. The lowest BCUT2D eigenvalue weighted by Gasteiger charge is -2.05. The molecule has 90 valence electrons. The number of fused-ring (bicyclic) bond motifs is 1. The van der Waals surface area contributed by atoms with Crippen molar-refractivity contribution in [3.63, 3.8) is 0 Å². The van der Waals surface area contributed by atoms with Crippen LogP contribution in [0.1, 0.15) is 25.3 Å². The predicted molar refractivity (Wildman–Crippen MR) is 69.7 cm³/mol. The van der Waals surface area contributed by atoms with Crippen molar-refractivity contribution in [2.45, 2.75) is 32.7 Å². The van der Waals surface area contributed by atoms with Crippen LogP contribution < -0.4 is 5.73 Å². The topological polar surface area (TPSA) is 48.0 Å². The average molecular weight is 230 g/mol. The van der Waals surface area contributed by atoms with Crippen LogP contribution in [-0.4, -0.2) is 10.5 Å². The van der Waals surface area contributed by atoms with Gasteiger partial charge in [-0.2, -0.15) is 0 Å². The maximum absolute atomic E-state index is 10.7. The quantitative estimate of drug-likeness (QED) is 0.842. The molecule has 1 aromatic carbocycles. The first-order valence-electron chi connectivity index (χ1n) is 6.07. The molecule has 0 spiro atoms. The number of aromatic nitrogens is 1. The van der Waals surface area contributed by atoms with Crippen LogP contribution in [0.4, 0.5) is 0 Å². The van der Waals surface area contributed by atoms with Crippen molar-refractivity contribution in [1.29, 1.82) is 0 Å². The molecule has 17 heavy (non-hydrogen) atoms. The van der Waals surface area contributed by atoms with E-state index in [1.807, 2.05) is 0 Å². The molecule has 3 nitrogen and oxygen atoms in total. The Morgan fingerprint density at radius 2 is 2.18 bits per heavy atom. The van der Waals surface area contributed by atoms with Crippen molar-refractivity contribution in [2.75, 3.05) is 0 Å². The molecule has 0 unspecified atom stereocenters. The van der Waals surface area contributed by atoms with Crippen LogP contribution in [0.15, 0.2) is 30.5 Å². The number of benzene rings is 1. The molecule has 1 heterocycles. The zero-order valence-electron chi connectivity index (χ0n) is 10.1. The molecule has 0 fully saturated rings. The molecular weight excluding hydrogens is 212 g/mol. The predicted octanol–water partition coefficient (Wildman–Crippen LogP) is 2.47. The third kappa shape index (κ3) is 2.67. The molecule has 0 aliphatic heterocycles. The fourth-order valence-electron chi connectivity index (χ4n) is 2.09. The summed E-state index contributed by atoms with van der Waals surface area (Å²) in [6.45, 7) is 3.00. The molecular formula is C14H18N2O. The summed E-state index contributed by atoms with van der Waals surface area (Å²) in [5.74, 6) is -0.227. The Morgan fingerprint density at radius 3 is 2.88 bits per heavy atom. The summed E-state index contributed by atoms with van der Waals surface area (Å²) in [5.41, 5.74) is 7.72. The first kappa shape index (κ1) is 11.7. The van der Waals surface area contributed by atoms with Gasteiger partial charge in [0, 0.05) is 24.7 Å². The minimum absolute atomic E-state index is 0.227. The van der Waals surface area contributed by atoms with Crippen LogP contribution in [0.2, 0.25) is 0 Å². The van der Waals surface area contributed by atoms with E-state index in [1.165, 1.54) is 16.5 Å². The van der Waals surface area contributed by atoms with Crippen molar-refractivity contribution in [3.8, 4) is 0 Å². The second kappa shape index (κ2) is 5.04. The van der Waals surface area contributed by atoms with E-state index in [9.17, 15) is 4.79 Å². The van der Waals surface area contributed by atoms with Crippen molar-refractivity contribution in [3.05, 3.63) is 36.0 Å². The van der Waals surface area contributed by atoms with Gasteiger partial charge in [0.15, 0.2) is 0 Å². The van der Waals surface area contributed by atoms with Gasteiger partial charge in [-0.15, -0.1) is 0 Å². The Bertz CT molecular complexity index is 528. The number of primary amides is 1. The highest BCUT2D eigenvalue weighted by molar-refractivity contribution is 5.81. The molecule has 0 radical (unpaired) electrons. The Hall–Kier alpha value is -1.77. The first-order chi connectivity index (χ1) is 8.20. The van der Waals surface area contributed by atoms with Gasteiger partial charge in [-0.3, -0.25) is 4.79 Å². The van der Waals surface area contributed by atoms with Gasteiger partial charge in [-0.1, -0.05) is 13.0 Å². The highest BCUT2D eigenvalue weighted by Gasteiger charge is 2.02. The molecule has 2 rings (SSSR count). The molecule has 3 heteroatoms. The maximum atomic E-state index is 10.7. The number of amides is 1. The number of rotatable bonds is 5. The number of aryl methyl sites for hydroxylation is 2. The third-order valence-corrected chi connectivity index (χ3v) is 3.07. The molecule has 0 bridgehead atoms. The Morgan fingerprint density at radius 1 is 1.35 bits per heavy atom. The van der Waals surface area contributed by atoms with Gasteiger partial charge in [0.1, 0.15) is 0 Å². The lowest BCUT2D eigenvalue weighted by atomic mass is 10.1. The average Bonchev–Trinajstić information content (AvgIpc) is 2.71. The van der Waals surface area contributed by atoms with Crippen LogP contribution in [-0.2, 0) is 17.8 Å². The van der Waals surface area contributed by atoms with Crippen LogP contribution in [0, 0.1) is 0 Å². The third-order valence-electron chi connectivity index (χ3n) is 3.07. The van der Waals surface area contributed by atoms with E-state index >= 15 is 0 Å². The van der Waals surface area contributed by atoms with E-state index in [0.29, 0.717) is 6.42 Å². The minimum Gasteiger partial charge on any atom is -0.370 e. The summed E-state index contributed by atoms with van der Waals surface area (Å²) < 4.78 is 2.18. The summed E-state index contributed by atoms with van der Waals surface area (Å²) in [5, 5.41) is 1.27. The zero-order valence-corrected chi connectivity index (χ0v) is 10.1. The molecule has 1 amide bonds. The molecule has 0 saturated carbocycles. The lowest BCUT2D eigenvalue weighted by Crippen LogP contribution is -2.11. The second-order valence-corrected chi connectivity index (χ2v) is 4.33. The highest BCUT2D eigenvalue weighted by atomic mass is 16.1. The number of hydrogen-bond donors (Lipinski definition) is 1. The number of carbonyl (C=O) groups excluding carboxylic acids is 1. The van der Waals surface area contributed by atoms with Gasteiger partial charge >= 0.3 is 0 Å². The Kier molecular flexibility index (Phi) is 3.47. The van der Waals surface area contributed by atoms with Gasteiger partial charge in [0.05, 0.1) is 0 Å². The molecule has 0 aliphatic rings. The van der Waals surface area contributed by atoms with Gasteiger partial charge < -0.3 is 10.3 Å². The standard InChI is InChI=1S/C14H18N2O/c1-2-11-5-6-13-12(10-11)7-9-16(13)8-3-4-14(15)17/h5-7,9-10H,2-4,8H2,1H3,(H2,15,17). The molecule has 2 N–H and O–H groups in total. The summed E-state index contributed by atoms with van der Waals surface area (Å²) >= 11 is 0. The SMILES string of the molecule is CCc1ccc2c(ccn2CCCC(N)=O)c1. The lowest BCUT2D eigenvalue weighted by molar-refractivity contribution is -0.118. The zero-order chi connectivity index (χ0) is 12.3. The highest BCUT2D eigenvalue weighted by Crippen LogP contribution is 2.18. The van der Waals surface area contributed by atoms with E-state index in [1.54, 1.807) is 0 Å². The Labute approximate surface area is 101 Å². The number of nitrogens with zero attached hydrogens (tertiary/aromatic N) is 1. The van der Waals surface area contributed by atoms with Crippen LogP contribution in [0.25, 0.3) is 10.9 Å². The van der Waals surface area contributed by atoms with E-state index in [0.717, 1.165) is 19.4 Å². The first-order valence-corrected chi connectivity index (χ1v) is 6.07. The van der Waals surface area contributed by atoms with Gasteiger partial charge in [-0.05, 0) is 42.0 Å². The van der Waals surface area contributed by atoms with Crippen LogP contribution in [0.3, 0.4) is 0 Å². The molecule has 1 aromatic heterocycles. The molecule has 0 saturated heterocycles. The largest absolute Gasteiger partial charge is 0.370 e. The molecule has 0 atom stereocenters. The van der Waals surface area contributed by atoms with E-state index in [2.05, 4.69) is 42.0 Å². The summed E-state index contributed by atoms with van der Waals surface area (Å²) in [7, 11) is 0. The normalized spacial score (nSPS) is 10.9. The van der Waals surface area contributed by atoms with Gasteiger partial charge in [0.2, 0.25) is 5.91 Å². The number of hydrogen-bond acceptors (Lipinski definition) is 1. The van der Waals surface area contributed by atoms with Crippen LogP contribution in [0.5, 0.6) is 0 Å². The summed E-state index contributed by atoms with van der Waals surface area (Å²) in [6.07, 6.45) is 4.38. The maximum Gasteiger partial charge on any atom is 0.217 e. The monoisotopic (exact) mass is 230 g/mol. The van der Waals surface area contributed by atoms with Crippen molar-refractivity contribution >= 4 is 16.8 Å². The Balaban J connectivity index is 2.16. The minimum atomic E-state index is -0.227. The van der Waals surface area contributed by atoms with Crippen molar-refractivity contribution in [1.82, 2.24) is 4.57 Å². The fraction of sp³-hybridized carbons (Fsp3) is 0.357. The smallest absolute Gasteiger partial charge is 0.217 e. The summed E-state index contributed by atoms with van der Waals surface area (Å²) in [6, 6.07) is 8.66. The number of nitrogens with two attached hydrogens (primary N) is 1. The fourth-order valence-corrected chi connectivity index (χ4v) is 2.09. The van der Waals surface area contributed by atoms with Gasteiger partial charge in [0.25, 0.3) is 0 Å². The van der Waals surface area contributed by atoms with E-state index in [-0.39, 0.29) is 5.91 Å². The van der Waals surface area contributed by atoms with Crippen molar-refractivity contribution in [2.24, 2.45) is 5.73 Å². The molecule has 0 aliphatic carbocycles. The van der Waals surface area contributed by atoms with Crippen molar-refractivity contribution < 1.29 is 4.79 Å².